The Morgan fingerprint density at radius 1 is 1.11 bits per heavy atom. The molecule has 9 nitrogen and oxygen atoms in total. The molecular weight excluding hydrogens is 530 g/mol. The molecular formula is C26H22BrN3O6. The van der Waals surface area contributed by atoms with Crippen molar-refractivity contribution in [2.75, 3.05) is 7.11 Å². The number of amides is 2. The summed E-state index contributed by atoms with van der Waals surface area (Å²) in [4.78, 5) is 36.6. The largest absolute Gasteiger partial charge is 0.493 e. The number of nitrogens with zero attached hydrogens (tertiary/aromatic N) is 3. The van der Waals surface area contributed by atoms with Crippen LogP contribution in [-0.2, 0) is 16.2 Å². The molecule has 10 heteroatoms. The van der Waals surface area contributed by atoms with Crippen LogP contribution >= 0.6 is 15.9 Å². The van der Waals surface area contributed by atoms with Crippen LogP contribution in [0.4, 0.5) is 5.69 Å². The normalized spacial score (nSPS) is 29.4. The fourth-order valence-electron chi connectivity index (χ4n) is 6.00. The van der Waals surface area contributed by atoms with Gasteiger partial charge in [-0.25, -0.2) is 0 Å². The maximum atomic E-state index is 13.1. The minimum absolute atomic E-state index is 0.0103. The number of non-ortho nitro benzene ring substituents is 1. The monoisotopic (exact) mass is 551 g/mol. The first-order valence-electron chi connectivity index (χ1n) is 11.7. The van der Waals surface area contributed by atoms with Crippen molar-refractivity contribution >= 4 is 39.6 Å². The van der Waals surface area contributed by atoms with Gasteiger partial charge in [0.1, 0.15) is 6.61 Å². The van der Waals surface area contributed by atoms with E-state index in [-0.39, 0.29) is 47.8 Å². The van der Waals surface area contributed by atoms with Crippen LogP contribution in [0.25, 0.3) is 0 Å². The number of hydrogen-bond acceptors (Lipinski definition) is 7. The number of nitro benzene ring substituents is 1. The van der Waals surface area contributed by atoms with Crippen molar-refractivity contribution in [3.8, 4) is 11.5 Å². The molecule has 36 heavy (non-hydrogen) atoms. The number of allylic oxidation sites excluding steroid dienone is 2. The molecule has 0 aromatic heterocycles. The van der Waals surface area contributed by atoms with Crippen LogP contribution in [0, 0.1) is 45.6 Å². The lowest BCUT2D eigenvalue weighted by Crippen LogP contribution is -2.40. The number of hydrogen-bond donors (Lipinski definition) is 0. The number of ether oxygens (including phenoxy) is 2. The second-order valence-corrected chi connectivity index (χ2v) is 10.5. The average molecular weight is 552 g/mol. The molecule has 0 N–H and O–H groups in total. The fraction of sp³-hybridized carbons (Fsp3) is 0.346. The minimum atomic E-state index is -0.453. The van der Waals surface area contributed by atoms with Gasteiger partial charge in [-0.1, -0.05) is 12.2 Å². The zero-order valence-corrected chi connectivity index (χ0v) is 20.8. The van der Waals surface area contributed by atoms with Crippen molar-refractivity contribution in [3.63, 3.8) is 0 Å². The van der Waals surface area contributed by atoms with E-state index in [1.54, 1.807) is 24.3 Å². The number of carbonyl (C=O) groups excluding carboxylic acids is 2. The molecule has 0 spiro atoms. The van der Waals surface area contributed by atoms with Crippen LogP contribution in [0.5, 0.6) is 11.5 Å². The first-order chi connectivity index (χ1) is 17.4. The van der Waals surface area contributed by atoms with Gasteiger partial charge < -0.3 is 9.47 Å². The quantitative estimate of drug-likeness (QED) is 0.166. The van der Waals surface area contributed by atoms with Crippen molar-refractivity contribution in [1.29, 1.82) is 0 Å². The van der Waals surface area contributed by atoms with Gasteiger partial charge in [0.2, 0.25) is 0 Å². The summed E-state index contributed by atoms with van der Waals surface area (Å²) in [6.45, 7) is 0.179. The lowest BCUT2D eigenvalue weighted by atomic mass is 9.63. The summed E-state index contributed by atoms with van der Waals surface area (Å²) in [5, 5.41) is 16.2. The Kier molecular flexibility index (Phi) is 5.44. The van der Waals surface area contributed by atoms with Crippen LogP contribution in [-0.4, -0.2) is 35.1 Å². The van der Waals surface area contributed by atoms with E-state index in [9.17, 15) is 19.7 Å². The minimum Gasteiger partial charge on any atom is -0.493 e. The predicted molar refractivity (Wildman–Crippen MR) is 132 cm³/mol. The average Bonchev–Trinajstić information content (AvgIpc) is 3.66. The van der Waals surface area contributed by atoms with Gasteiger partial charge in [-0.2, -0.15) is 10.1 Å². The highest BCUT2D eigenvalue weighted by atomic mass is 79.9. The van der Waals surface area contributed by atoms with Gasteiger partial charge in [-0.15, -0.1) is 0 Å². The second kappa shape index (κ2) is 8.55. The van der Waals surface area contributed by atoms with E-state index in [1.165, 1.54) is 25.5 Å². The molecule has 2 aromatic carbocycles. The molecule has 184 valence electrons. The number of methoxy groups -OCH3 is 1. The third-order valence-corrected chi connectivity index (χ3v) is 8.33. The summed E-state index contributed by atoms with van der Waals surface area (Å²) in [5.74, 6) is 1.29. The van der Waals surface area contributed by atoms with Gasteiger partial charge in [0.25, 0.3) is 17.5 Å². The SMILES string of the molecule is COc1cc(/C=N/N2C(=O)[C@H]3[C@@H]4C=C[C@H]([C@H]5C[C@H]45)[C@@H]3C2=O)cc(Br)c1OCc1ccc([N+](=O)[O-])cc1. The van der Waals surface area contributed by atoms with E-state index >= 15 is 0 Å². The molecule has 3 fully saturated rings. The summed E-state index contributed by atoms with van der Waals surface area (Å²) >= 11 is 3.49. The molecule has 1 heterocycles. The Balaban J connectivity index is 1.18. The molecule has 5 aliphatic rings. The van der Waals surface area contributed by atoms with Crippen molar-refractivity contribution in [2.45, 2.75) is 13.0 Å². The maximum Gasteiger partial charge on any atom is 0.269 e. The molecule has 2 amide bonds. The van der Waals surface area contributed by atoms with Gasteiger partial charge in [-0.05, 0) is 81.4 Å². The van der Waals surface area contributed by atoms with E-state index in [1.807, 2.05) is 0 Å². The summed E-state index contributed by atoms with van der Waals surface area (Å²) in [6, 6.07) is 9.57. The highest BCUT2D eigenvalue weighted by molar-refractivity contribution is 9.10. The number of benzene rings is 2. The molecule has 2 saturated carbocycles. The zero-order chi connectivity index (χ0) is 25.1. The first kappa shape index (κ1) is 22.9. The van der Waals surface area contributed by atoms with E-state index in [0.717, 1.165) is 17.0 Å². The van der Waals surface area contributed by atoms with Gasteiger partial charge in [0, 0.05) is 12.1 Å². The number of nitro groups is 1. The Morgan fingerprint density at radius 3 is 2.33 bits per heavy atom. The smallest absolute Gasteiger partial charge is 0.269 e. The Morgan fingerprint density at radius 2 is 1.75 bits per heavy atom. The number of halogens is 1. The van der Waals surface area contributed by atoms with Crippen LogP contribution in [0.2, 0.25) is 0 Å². The highest BCUT2D eigenvalue weighted by Gasteiger charge is 2.67. The molecule has 6 atom stereocenters. The van der Waals surface area contributed by atoms with Crippen molar-refractivity contribution in [1.82, 2.24) is 5.01 Å². The molecule has 2 bridgehead atoms. The molecule has 0 unspecified atom stereocenters. The van der Waals surface area contributed by atoms with E-state index < -0.39 is 4.92 Å². The van der Waals surface area contributed by atoms with Gasteiger partial charge in [-0.3, -0.25) is 19.7 Å². The van der Waals surface area contributed by atoms with Gasteiger partial charge in [0.05, 0.1) is 34.6 Å². The first-order valence-corrected chi connectivity index (χ1v) is 12.5. The van der Waals surface area contributed by atoms with Crippen LogP contribution < -0.4 is 9.47 Å². The summed E-state index contributed by atoms with van der Waals surface area (Å²) in [7, 11) is 1.51. The van der Waals surface area contributed by atoms with Crippen molar-refractivity contribution in [2.24, 2.45) is 40.6 Å². The Labute approximate surface area is 215 Å². The number of hydrazone groups is 1. The topological polar surface area (TPSA) is 111 Å². The van der Waals surface area contributed by atoms with Crippen LogP contribution in [0.1, 0.15) is 17.5 Å². The molecule has 4 aliphatic carbocycles. The number of rotatable bonds is 7. The summed E-state index contributed by atoms with van der Waals surface area (Å²) < 4.78 is 12.0. The summed E-state index contributed by atoms with van der Waals surface area (Å²) in [6.07, 6.45) is 6.87. The predicted octanol–water partition coefficient (Wildman–Crippen LogP) is 4.33. The maximum absolute atomic E-state index is 13.1. The second-order valence-electron chi connectivity index (χ2n) is 9.63. The number of carbonyl (C=O) groups is 2. The van der Waals surface area contributed by atoms with Gasteiger partial charge >= 0.3 is 0 Å². The molecule has 7 rings (SSSR count). The molecule has 0 radical (unpaired) electrons. The number of imide groups is 1. The van der Waals surface area contributed by atoms with Crippen molar-refractivity contribution in [3.05, 3.63) is 74.3 Å². The molecule has 1 aliphatic heterocycles. The Bertz CT molecular complexity index is 1300. The van der Waals surface area contributed by atoms with E-state index in [2.05, 4.69) is 33.2 Å². The van der Waals surface area contributed by atoms with Crippen molar-refractivity contribution < 1.29 is 24.0 Å². The van der Waals surface area contributed by atoms with Crippen LogP contribution in [0.15, 0.2) is 58.1 Å². The highest BCUT2D eigenvalue weighted by Crippen LogP contribution is 2.65. The lowest BCUT2D eigenvalue weighted by molar-refractivity contribution is -0.384. The molecule has 2 aromatic rings. The van der Waals surface area contributed by atoms with Gasteiger partial charge in [0.15, 0.2) is 11.5 Å². The lowest BCUT2D eigenvalue weighted by Gasteiger charge is -2.37. The standard InChI is InChI=1S/C26H22BrN3O6/c1-35-21-9-14(8-20(27)24(21)36-12-13-2-4-15(5-3-13)30(33)34)11-28-29-25(31)22-16-6-7-17(19-10-18(16)19)23(22)26(29)32/h2-9,11,16-19,22-23H,10,12H2,1H3/b28-11+/t16-,17-,18-,19-,22+,23+/m1/s1. The van der Waals surface area contributed by atoms with E-state index in [0.29, 0.717) is 33.4 Å². The third kappa shape index (κ3) is 3.62. The zero-order valence-electron chi connectivity index (χ0n) is 19.2. The van der Waals surface area contributed by atoms with Crippen LogP contribution in [0.3, 0.4) is 0 Å². The summed E-state index contributed by atoms with van der Waals surface area (Å²) in [5.41, 5.74) is 1.39. The van der Waals surface area contributed by atoms with E-state index in [4.69, 9.17) is 9.47 Å². The molecule has 1 saturated heterocycles. The fourth-order valence-corrected chi connectivity index (χ4v) is 6.58. The Hall–Kier alpha value is -3.53. The third-order valence-electron chi connectivity index (χ3n) is 7.74.